The van der Waals surface area contributed by atoms with Crippen LogP contribution < -0.4 is 56.0 Å². The maximum Gasteiger partial charge on any atom is 0.374 e. The molecule has 0 amide bonds. The number of nitrogens with zero attached hydrogens (tertiary/aromatic N) is 8. The fourth-order valence-electron chi connectivity index (χ4n) is 13.5. The number of aromatic carboxylic acids is 5. The summed E-state index contributed by atoms with van der Waals surface area (Å²) in [5.74, 6) is -10.4. The van der Waals surface area contributed by atoms with Crippen LogP contribution in [0.2, 0.25) is 0 Å². The number of nitrogens with two attached hydrogens (primary N) is 2. The average Bonchev–Trinajstić information content (AvgIpc) is 1.68. The smallest absolute Gasteiger partial charge is 0.374 e. The lowest BCUT2D eigenvalue weighted by Gasteiger charge is -2.30. The third-order valence-corrected chi connectivity index (χ3v) is 20.9. The highest BCUT2D eigenvalue weighted by Crippen LogP contribution is 2.37. The normalized spacial score (nSPS) is 10.8. The van der Waals surface area contributed by atoms with Crippen molar-refractivity contribution in [3.05, 3.63) is 237 Å². The van der Waals surface area contributed by atoms with Crippen LogP contribution in [-0.4, -0.2) is 234 Å². The van der Waals surface area contributed by atoms with Gasteiger partial charge in [0.05, 0.1) is 26.4 Å². The standard InChI is InChI=1S/C45H48N4O15.C38H34N4O18.C7H19N3.C6H5BrO2/c1-7-56-43(53)34-13-17-38(62-34)47(25-27-49(40-19-12-33(61-40)30(6)52)42-21-15-36(64-42)45(55)58-9-3)23-22-46(37-16-10-31(59-37)28(4)50)24-26-48(39-18-11-32(60-39)29(5)51)41-20-14-35(63-41)44(54)57-8-2;1-2-54-38(53)26-8-10-28(60-26)40(18-20-42(31-13-6-24(58-31)36(49)50)32-14-7-25(59-32)37(51)52)16-15-39(27-9-3-21(55-27)33(43)44)17-19-41(29-11-4-22(56-29)34(45)46)30-12-5-23(57-30)35(47)48;8-4-2-1-3-6-10-7-5-9;1-4(8)5-2-3-6(7)9-5/h10-21H,7-9,22-27H2,1-6H3;3-14H,2,15-20H2,1H3,(H,43,44)(H,45,46)(H,47,48)(H,49,50)(H,51,52);10H,1-9H2;2-3H,1H3. The molecule has 0 saturated heterocycles. The Morgan fingerprint density at radius 3 is 0.650 bits per heavy atom. The number of carboxylic acids is 5. The highest BCUT2D eigenvalue weighted by molar-refractivity contribution is 9.10. The van der Waals surface area contributed by atoms with Crippen LogP contribution in [0.25, 0.3) is 0 Å². The van der Waals surface area contributed by atoms with Gasteiger partial charge >= 0.3 is 53.7 Å². The SMILES string of the molecule is CC(=O)c1ccc(Br)o1.CCOC(=O)c1ccc(N(CCN(CCN(c2ccc(C(=O)O)o2)c2ccc(C(=O)O)o2)c2ccc(C(=O)O)o2)CCN(c2ccc(C(=O)O)o2)c2ccc(C(=O)O)o2)o1.CCOC(=O)c1ccc(N(CCN(CCN(c2ccc(C(C)=O)o2)c2ccc(C(=O)OCC)o2)c2ccc(C(C)=O)o2)CCN(c2ccc(C(C)=O)o2)c2ccc(C(=O)OCC)o2)o1.NCCCCCNCCN. The molecule has 0 saturated carbocycles. The summed E-state index contributed by atoms with van der Waals surface area (Å²) >= 11 is 3.08. The number of esters is 4. The Kier molecular flexibility index (Phi) is 40.1. The van der Waals surface area contributed by atoms with Gasteiger partial charge in [-0.2, -0.15) is 0 Å². The molecule has 0 aliphatic heterocycles. The summed E-state index contributed by atoms with van der Waals surface area (Å²) < 4.78 is 95.4. The number of anilines is 12. The molecule has 13 aromatic heterocycles. The first-order chi connectivity index (χ1) is 68.6. The summed E-state index contributed by atoms with van der Waals surface area (Å²) in [6.07, 6.45) is 3.59. The number of hydrogen-bond acceptors (Lipinski definition) is 41. The first-order valence-electron chi connectivity index (χ1n) is 44.7. The number of unbranched alkanes of at least 4 members (excludes halogenated alkanes) is 2. The maximum absolute atomic E-state index is 12.7. The molecule has 0 atom stereocenters. The van der Waals surface area contributed by atoms with E-state index in [0.29, 0.717) is 22.2 Å². The van der Waals surface area contributed by atoms with Crippen LogP contribution in [-0.2, 0) is 18.9 Å². The van der Waals surface area contributed by atoms with Gasteiger partial charge in [0.2, 0.25) is 98.9 Å². The quantitative estimate of drug-likeness (QED) is 0.00759. The number of rotatable bonds is 54. The number of hydrogen-bond donors (Lipinski definition) is 8. The third-order valence-electron chi connectivity index (χ3n) is 20.4. The molecule has 13 heterocycles. The van der Waals surface area contributed by atoms with Crippen molar-refractivity contribution in [3.8, 4) is 0 Å². The molecular formula is C96H106BrN11O35. The lowest BCUT2D eigenvalue weighted by Crippen LogP contribution is -2.41. The van der Waals surface area contributed by atoms with Crippen LogP contribution >= 0.6 is 15.9 Å². The molecule has 0 unspecified atom stereocenters. The van der Waals surface area contributed by atoms with E-state index in [9.17, 15) is 87.9 Å². The van der Waals surface area contributed by atoms with Crippen LogP contribution in [0.5, 0.6) is 0 Å². The van der Waals surface area contributed by atoms with Crippen molar-refractivity contribution < 1.29 is 164 Å². The van der Waals surface area contributed by atoms with Gasteiger partial charge in [-0.15, -0.1) is 0 Å². The maximum atomic E-state index is 12.7. The van der Waals surface area contributed by atoms with E-state index in [4.69, 9.17) is 87.8 Å². The van der Waals surface area contributed by atoms with Gasteiger partial charge < -0.3 is 138 Å². The van der Waals surface area contributed by atoms with Crippen molar-refractivity contribution in [2.45, 2.75) is 74.7 Å². The fourth-order valence-corrected chi connectivity index (χ4v) is 13.8. The molecule has 0 spiro atoms. The number of carbonyl (C=O) groups excluding carboxylic acids is 8. The van der Waals surface area contributed by atoms with Crippen molar-refractivity contribution in [1.29, 1.82) is 0 Å². The second-order valence-electron chi connectivity index (χ2n) is 30.3. The predicted octanol–water partition coefficient (Wildman–Crippen LogP) is 16.2. The number of furan rings is 13. The Morgan fingerprint density at radius 2 is 0.448 bits per heavy atom. The minimum absolute atomic E-state index is 0.00476. The van der Waals surface area contributed by atoms with Crippen molar-refractivity contribution in [3.63, 3.8) is 0 Å². The molecule has 10 N–H and O–H groups in total. The van der Waals surface area contributed by atoms with Crippen LogP contribution in [0.1, 0.15) is 212 Å². The average molecular weight is 2050 g/mol. The molecule has 13 rings (SSSR count). The predicted molar refractivity (Wildman–Crippen MR) is 511 cm³/mol. The van der Waals surface area contributed by atoms with Gasteiger partial charge in [0.15, 0.2) is 74.4 Å². The van der Waals surface area contributed by atoms with Gasteiger partial charge in [0, 0.05) is 192 Å². The Morgan fingerprint density at radius 1 is 0.252 bits per heavy atom. The highest BCUT2D eigenvalue weighted by Gasteiger charge is 2.32. The molecule has 0 aliphatic rings. The fraction of sp³-hybridized carbons (Fsp3) is 0.323. The van der Waals surface area contributed by atoms with E-state index < -0.39 is 82.5 Å². The number of nitrogens with one attached hydrogen (secondary N) is 1. The minimum Gasteiger partial charge on any atom is -0.475 e. The first-order valence-corrected chi connectivity index (χ1v) is 45.5. The summed E-state index contributed by atoms with van der Waals surface area (Å²) in [7, 11) is 0. The number of Topliss-reactive ketones (excluding diaryl/α,β-unsaturated/α-hetero) is 4. The van der Waals surface area contributed by atoms with Crippen LogP contribution in [0.15, 0.2) is 220 Å². The van der Waals surface area contributed by atoms with Gasteiger partial charge in [-0.3, -0.25) is 38.8 Å². The lowest BCUT2D eigenvalue weighted by molar-refractivity contribution is 0.0482. The second kappa shape index (κ2) is 52.9. The topological polar surface area (TPSA) is 621 Å². The summed E-state index contributed by atoms with van der Waals surface area (Å²) in [5.41, 5.74) is 10.6. The Hall–Kier alpha value is -16.7. The van der Waals surface area contributed by atoms with Crippen molar-refractivity contribution in [1.82, 2.24) is 5.32 Å². The molecule has 0 fully saturated rings. The van der Waals surface area contributed by atoms with E-state index in [1.165, 1.54) is 153 Å². The molecule has 0 aliphatic carbocycles. The lowest BCUT2D eigenvalue weighted by atomic mass is 10.2. The number of halogens is 1. The van der Waals surface area contributed by atoms with Gasteiger partial charge in [-0.05, 0) is 154 Å². The number of ether oxygens (including phenoxy) is 4. The van der Waals surface area contributed by atoms with E-state index in [0.717, 1.165) is 32.6 Å². The molecule has 46 nitrogen and oxygen atoms in total. The Balaban J connectivity index is 0.000000248. The summed E-state index contributed by atoms with van der Waals surface area (Å²) in [6.45, 7) is 17.1. The largest absolute Gasteiger partial charge is 0.475 e. The summed E-state index contributed by atoms with van der Waals surface area (Å²) in [4.78, 5) is 169. The van der Waals surface area contributed by atoms with E-state index in [1.807, 2.05) is 9.80 Å². The molecule has 0 bridgehead atoms. The van der Waals surface area contributed by atoms with Gasteiger partial charge in [0.1, 0.15) is 0 Å². The van der Waals surface area contributed by atoms with Gasteiger partial charge in [-0.1, -0.05) is 6.42 Å². The van der Waals surface area contributed by atoms with E-state index >= 15 is 0 Å². The van der Waals surface area contributed by atoms with Crippen molar-refractivity contribution >= 4 is 163 Å². The number of carbonyl (C=O) groups is 13. The van der Waals surface area contributed by atoms with Crippen molar-refractivity contribution in [2.75, 3.05) is 170 Å². The van der Waals surface area contributed by atoms with Gasteiger partial charge in [0.25, 0.3) is 0 Å². The van der Waals surface area contributed by atoms with Crippen LogP contribution in [0.4, 0.5) is 70.6 Å². The molecular weight excluding hydrogens is 1950 g/mol. The molecule has 13 aromatic rings. The summed E-state index contributed by atoms with van der Waals surface area (Å²) in [5, 5.41) is 50.8. The zero-order valence-electron chi connectivity index (χ0n) is 78.9. The third kappa shape index (κ3) is 30.7. The number of carboxylic acid groups (broad SMARTS) is 5. The van der Waals surface area contributed by atoms with E-state index in [2.05, 4.69) is 21.2 Å². The van der Waals surface area contributed by atoms with E-state index in [1.54, 1.807) is 102 Å². The zero-order valence-corrected chi connectivity index (χ0v) is 80.5. The second-order valence-corrected chi connectivity index (χ2v) is 31.1. The minimum atomic E-state index is -1.36. The van der Waals surface area contributed by atoms with Gasteiger partial charge in [-0.25, -0.2) is 43.2 Å². The molecule has 762 valence electrons. The summed E-state index contributed by atoms with van der Waals surface area (Å²) in [6, 6.07) is 37.7. The molecule has 47 heteroatoms. The molecule has 143 heavy (non-hydrogen) atoms. The Labute approximate surface area is 822 Å². The first kappa shape index (κ1) is 108. The van der Waals surface area contributed by atoms with Crippen molar-refractivity contribution in [2.24, 2.45) is 11.5 Å². The van der Waals surface area contributed by atoms with Crippen LogP contribution in [0.3, 0.4) is 0 Å². The molecule has 0 aromatic carbocycles. The number of ketones is 4. The van der Waals surface area contributed by atoms with Crippen LogP contribution in [0, 0.1) is 0 Å². The zero-order chi connectivity index (χ0) is 104. The Bertz CT molecular complexity index is 6310. The molecule has 0 radical (unpaired) electrons. The highest BCUT2D eigenvalue weighted by atomic mass is 79.9. The van der Waals surface area contributed by atoms with E-state index in [-0.39, 0.29) is 227 Å². The monoisotopic (exact) mass is 2050 g/mol.